The van der Waals surface area contributed by atoms with E-state index in [0.717, 1.165) is 6.07 Å². The van der Waals surface area contributed by atoms with E-state index in [1.54, 1.807) is 29.8 Å². The van der Waals surface area contributed by atoms with E-state index in [0.29, 0.717) is 16.4 Å². The summed E-state index contributed by atoms with van der Waals surface area (Å²) in [6.45, 7) is 0. The predicted octanol–water partition coefficient (Wildman–Crippen LogP) is 4.21. The van der Waals surface area contributed by atoms with Gasteiger partial charge in [0.05, 0.1) is 15.5 Å². The molecule has 2 amide bonds. The second kappa shape index (κ2) is 7.94. The fourth-order valence-electron chi connectivity index (χ4n) is 2.19. The normalized spacial score (nSPS) is 10.3. The van der Waals surface area contributed by atoms with Crippen LogP contribution in [0, 0.1) is 10.1 Å². The number of aromatic nitrogens is 1. The minimum absolute atomic E-state index is 0.0423. The molecule has 0 radical (unpaired) electrons. The second-order valence-electron chi connectivity index (χ2n) is 5.25. The first-order valence-electron chi connectivity index (χ1n) is 7.50. The van der Waals surface area contributed by atoms with Crippen LogP contribution in [0.5, 0.6) is 0 Å². The smallest absolute Gasteiger partial charge is 0.270 e. The van der Waals surface area contributed by atoms with Crippen LogP contribution in [0.25, 0.3) is 0 Å². The molecule has 0 saturated carbocycles. The lowest BCUT2D eigenvalue weighted by molar-refractivity contribution is -0.384. The van der Waals surface area contributed by atoms with E-state index < -0.39 is 10.8 Å². The van der Waals surface area contributed by atoms with Gasteiger partial charge in [0, 0.05) is 35.0 Å². The van der Waals surface area contributed by atoms with Crippen molar-refractivity contribution in [3.8, 4) is 0 Å². The SMILES string of the molecule is O=C(Nc1nccs1)c1cccc(NC(=O)c2ccc([N+](=O)[O-])cc2Cl)c1. The molecule has 0 saturated heterocycles. The average Bonchev–Trinajstić information content (AvgIpc) is 3.14. The molecule has 0 atom stereocenters. The Morgan fingerprint density at radius 1 is 1.11 bits per heavy atom. The zero-order chi connectivity index (χ0) is 19.4. The Hall–Kier alpha value is -3.30. The van der Waals surface area contributed by atoms with Crippen LogP contribution >= 0.6 is 22.9 Å². The van der Waals surface area contributed by atoms with Gasteiger partial charge in [0.2, 0.25) is 0 Å². The summed E-state index contributed by atoms with van der Waals surface area (Å²) in [6, 6.07) is 9.89. The number of thiazole rings is 1. The van der Waals surface area contributed by atoms with Crippen LogP contribution in [0.15, 0.2) is 54.0 Å². The van der Waals surface area contributed by atoms with E-state index in [1.807, 2.05) is 0 Å². The fourth-order valence-corrected chi connectivity index (χ4v) is 2.98. The number of halogens is 1. The van der Waals surface area contributed by atoms with Gasteiger partial charge in [-0.25, -0.2) is 4.98 Å². The predicted molar refractivity (Wildman–Crippen MR) is 103 cm³/mol. The number of amides is 2. The molecule has 0 aliphatic heterocycles. The van der Waals surface area contributed by atoms with E-state index in [-0.39, 0.29) is 22.2 Å². The number of non-ortho nitro benzene ring substituents is 1. The van der Waals surface area contributed by atoms with Crippen LogP contribution in [0.2, 0.25) is 5.02 Å². The Kier molecular flexibility index (Phi) is 5.43. The number of nitro groups is 1. The van der Waals surface area contributed by atoms with Gasteiger partial charge in [-0.3, -0.25) is 25.0 Å². The number of nitrogens with zero attached hydrogens (tertiary/aromatic N) is 2. The summed E-state index contributed by atoms with van der Waals surface area (Å²) in [6.07, 6.45) is 1.57. The summed E-state index contributed by atoms with van der Waals surface area (Å²) in [5.74, 6) is -0.915. The number of nitrogens with one attached hydrogen (secondary N) is 2. The monoisotopic (exact) mass is 402 g/mol. The van der Waals surface area contributed by atoms with E-state index in [1.165, 1.54) is 29.5 Å². The van der Waals surface area contributed by atoms with Crippen molar-refractivity contribution in [2.75, 3.05) is 10.6 Å². The lowest BCUT2D eigenvalue weighted by Gasteiger charge is -2.08. The van der Waals surface area contributed by atoms with Crippen molar-refractivity contribution >= 4 is 51.3 Å². The molecule has 27 heavy (non-hydrogen) atoms. The molecule has 1 aromatic heterocycles. The molecule has 136 valence electrons. The van der Waals surface area contributed by atoms with Crippen LogP contribution < -0.4 is 10.6 Å². The maximum Gasteiger partial charge on any atom is 0.270 e. The van der Waals surface area contributed by atoms with Crippen LogP contribution in [0.3, 0.4) is 0 Å². The van der Waals surface area contributed by atoms with Crippen molar-refractivity contribution in [1.29, 1.82) is 0 Å². The maximum atomic E-state index is 12.4. The molecule has 8 nitrogen and oxygen atoms in total. The Morgan fingerprint density at radius 2 is 1.93 bits per heavy atom. The van der Waals surface area contributed by atoms with Gasteiger partial charge in [-0.15, -0.1) is 11.3 Å². The Morgan fingerprint density at radius 3 is 2.59 bits per heavy atom. The molecule has 0 unspecified atom stereocenters. The van der Waals surface area contributed by atoms with Crippen LogP contribution in [-0.4, -0.2) is 21.7 Å². The van der Waals surface area contributed by atoms with Crippen LogP contribution in [-0.2, 0) is 0 Å². The van der Waals surface area contributed by atoms with Gasteiger partial charge in [0.15, 0.2) is 5.13 Å². The molecule has 0 spiro atoms. The molecule has 0 bridgehead atoms. The first kappa shape index (κ1) is 18.5. The third kappa shape index (κ3) is 4.46. The van der Waals surface area contributed by atoms with Crippen molar-refractivity contribution in [3.63, 3.8) is 0 Å². The molecule has 2 N–H and O–H groups in total. The molecule has 3 aromatic rings. The fraction of sp³-hybridized carbons (Fsp3) is 0. The molecule has 0 aliphatic carbocycles. The number of hydrogen-bond donors (Lipinski definition) is 2. The number of benzene rings is 2. The summed E-state index contributed by atoms with van der Waals surface area (Å²) >= 11 is 7.25. The third-order valence-electron chi connectivity index (χ3n) is 3.44. The second-order valence-corrected chi connectivity index (χ2v) is 6.55. The van der Waals surface area contributed by atoms with Gasteiger partial charge < -0.3 is 5.32 Å². The lowest BCUT2D eigenvalue weighted by Crippen LogP contribution is -2.15. The zero-order valence-electron chi connectivity index (χ0n) is 13.5. The van der Waals surface area contributed by atoms with Crippen molar-refractivity contribution in [2.45, 2.75) is 0 Å². The number of anilines is 2. The zero-order valence-corrected chi connectivity index (χ0v) is 15.1. The van der Waals surface area contributed by atoms with E-state index >= 15 is 0 Å². The van der Waals surface area contributed by atoms with Crippen LogP contribution in [0.1, 0.15) is 20.7 Å². The lowest BCUT2D eigenvalue weighted by atomic mass is 10.1. The Labute approximate surface area is 162 Å². The summed E-state index contributed by atoms with van der Waals surface area (Å²) in [5, 5.41) is 18.2. The minimum atomic E-state index is -0.599. The van der Waals surface area contributed by atoms with Crippen molar-refractivity contribution in [2.24, 2.45) is 0 Å². The summed E-state index contributed by atoms with van der Waals surface area (Å²) < 4.78 is 0. The van der Waals surface area contributed by atoms with Crippen molar-refractivity contribution in [3.05, 3.63) is 80.3 Å². The number of carbonyl (C=O) groups is 2. The molecule has 0 aliphatic rings. The minimum Gasteiger partial charge on any atom is -0.322 e. The largest absolute Gasteiger partial charge is 0.322 e. The topological polar surface area (TPSA) is 114 Å². The number of hydrogen-bond acceptors (Lipinski definition) is 6. The first-order chi connectivity index (χ1) is 12.9. The molecule has 1 heterocycles. The standard InChI is InChI=1S/C17H11ClN4O4S/c18-14-9-12(22(25)26)4-5-13(14)16(24)20-11-3-1-2-10(8-11)15(23)21-17-19-6-7-27-17/h1-9H,(H,20,24)(H,19,21,23). The highest BCUT2D eigenvalue weighted by atomic mass is 35.5. The molecule has 2 aromatic carbocycles. The third-order valence-corrected chi connectivity index (χ3v) is 4.44. The summed E-state index contributed by atoms with van der Waals surface area (Å²) in [7, 11) is 0. The van der Waals surface area contributed by atoms with Gasteiger partial charge in [0.25, 0.3) is 17.5 Å². The molecular formula is C17H11ClN4O4S. The average molecular weight is 403 g/mol. The molecule has 3 rings (SSSR count). The van der Waals surface area contributed by atoms with Gasteiger partial charge in [-0.05, 0) is 24.3 Å². The van der Waals surface area contributed by atoms with Gasteiger partial charge in [-0.1, -0.05) is 17.7 Å². The maximum absolute atomic E-state index is 12.4. The number of rotatable bonds is 5. The number of nitro benzene ring substituents is 1. The summed E-state index contributed by atoms with van der Waals surface area (Å²) in [5.41, 5.74) is 0.580. The van der Waals surface area contributed by atoms with E-state index in [2.05, 4.69) is 15.6 Å². The Bertz CT molecular complexity index is 1020. The highest BCUT2D eigenvalue weighted by Crippen LogP contribution is 2.24. The van der Waals surface area contributed by atoms with Crippen LogP contribution in [0.4, 0.5) is 16.5 Å². The molecule has 10 heteroatoms. The number of carbonyl (C=O) groups excluding carboxylic acids is 2. The van der Waals surface area contributed by atoms with Gasteiger partial charge in [0.1, 0.15) is 0 Å². The van der Waals surface area contributed by atoms with Crippen molar-refractivity contribution < 1.29 is 14.5 Å². The van der Waals surface area contributed by atoms with E-state index in [9.17, 15) is 19.7 Å². The van der Waals surface area contributed by atoms with Crippen molar-refractivity contribution in [1.82, 2.24) is 4.98 Å². The summed E-state index contributed by atoms with van der Waals surface area (Å²) in [4.78, 5) is 38.7. The molecular weight excluding hydrogens is 392 g/mol. The molecule has 0 fully saturated rings. The van der Waals surface area contributed by atoms with Gasteiger partial charge in [-0.2, -0.15) is 0 Å². The highest BCUT2D eigenvalue weighted by Gasteiger charge is 2.16. The Balaban J connectivity index is 1.75. The highest BCUT2D eigenvalue weighted by molar-refractivity contribution is 7.13. The first-order valence-corrected chi connectivity index (χ1v) is 8.76. The van der Waals surface area contributed by atoms with E-state index in [4.69, 9.17) is 11.6 Å². The quantitative estimate of drug-likeness (QED) is 0.490. The van der Waals surface area contributed by atoms with Gasteiger partial charge >= 0.3 is 0 Å².